The van der Waals surface area contributed by atoms with Crippen molar-refractivity contribution in [2.24, 2.45) is 0 Å². The van der Waals surface area contributed by atoms with Crippen molar-refractivity contribution in [1.82, 2.24) is 0 Å². The van der Waals surface area contributed by atoms with Crippen LogP contribution in [0.5, 0.6) is 5.75 Å². The van der Waals surface area contributed by atoms with E-state index in [1.54, 1.807) is 18.9 Å². The Labute approximate surface area is 94.9 Å². The van der Waals surface area contributed by atoms with Gasteiger partial charge in [-0.25, -0.2) is 0 Å². The molecule has 15 heavy (non-hydrogen) atoms. The molecule has 1 rings (SSSR count). The molecule has 0 fully saturated rings. The zero-order chi connectivity index (χ0) is 11.1. The summed E-state index contributed by atoms with van der Waals surface area (Å²) in [6.07, 6.45) is 0. The lowest BCUT2D eigenvalue weighted by Crippen LogP contribution is -1.96. The number of hydrogen-bond donors (Lipinski definition) is 1. The highest BCUT2D eigenvalue weighted by atomic mass is 32.2. The standard InChI is InChI=1S/C11H17NO2S/c1-3-14-9-4-5-10(12)11(8-9)15-7-6-13-2/h4-5,8H,3,6-7,12H2,1-2H3. The summed E-state index contributed by atoms with van der Waals surface area (Å²) in [5, 5.41) is 0. The van der Waals surface area contributed by atoms with Crippen molar-refractivity contribution in [2.45, 2.75) is 11.8 Å². The minimum atomic E-state index is 0.673. The van der Waals surface area contributed by atoms with Gasteiger partial charge in [-0.2, -0.15) is 0 Å². The molecule has 0 heterocycles. The summed E-state index contributed by atoms with van der Waals surface area (Å²) in [6, 6.07) is 5.73. The maximum absolute atomic E-state index is 5.85. The SMILES string of the molecule is CCOc1ccc(N)c(SCCOC)c1. The topological polar surface area (TPSA) is 44.5 Å². The van der Waals surface area contributed by atoms with Crippen LogP contribution in [0.15, 0.2) is 23.1 Å². The van der Waals surface area contributed by atoms with Crippen molar-refractivity contribution in [3.63, 3.8) is 0 Å². The number of nitrogen functional groups attached to an aromatic ring is 1. The number of hydrogen-bond acceptors (Lipinski definition) is 4. The van der Waals surface area contributed by atoms with Crippen molar-refractivity contribution in [3.05, 3.63) is 18.2 Å². The zero-order valence-corrected chi connectivity index (χ0v) is 9.97. The van der Waals surface area contributed by atoms with Crippen LogP contribution < -0.4 is 10.5 Å². The van der Waals surface area contributed by atoms with Crippen molar-refractivity contribution in [3.8, 4) is 5.75 Å². The van der Waals surface area contributed by atoms with Gasteiger partial charge in [-0.1, -0.05) is 0 Å². The zero-order valence-electron chi connectivity index (χ0n) is 9.16. The van der Waals surface area contributed by atoms with E-state index in [0.717, 1.165) is 28.7 Å². The molecule has 0 aliphatic heterocycles. The van der Waals surface area contributed by atoms with E-state index in [9.17, 15) is 0 Å². The van der Waals surface area contributed by atoms with Gasteiger partial charge in [0, 0.05) is 23.4 Å². The summed E-state index contributed by atoms with van der Waals surface area (Å²) >= 11 is 1.68. The predicted molar refractivity (Wildman–Crippen MR) is 64.6 cm³/mol. The molecule has 84 valence electrons. The average molecular weight is 227 g/mol. The van der Waals surface area contributed by atoms with E-state index < -0.39 is 0 Å². The number of thioether (sulfide) groups is 1. The minimum absolute atomic E-state index is 0.673. The van der Waals surface area contributed by atoms with Crippen LogP contribution in [-0.4, -0.2) is 26.1 Å². The first kappa shape index (κ1) is 12.2. The molecule has 0 amide bonds. The minimum Gasteiger partial charge on any atom is -0.494 e. The molecule has 2 N–H and O–H groups in total. The Morgan fingerprint density at radius 3 is 2.87 bits per heavy atom. The van der Waals surface area contributed by atoms with Crippen LogP contribution in [0.1, 0.15) is 6.92 Å². The van der Waals surface area contributed by atoms with Gasteiger partial charge in [0.15, 0.2) is 0 Å². The quantitative estimate of drug-likeness (QED) is 0.460. The van der Waals surface area contributed by atoms with Crippen molar-refractivity contribution < 1.29 is 9.47 Å². The Morgan fingerprint density at radius 1 is 1.40 bits per heavy atom. The smallest absolute Gasteiger partial charge is 0.120 e. The third-order valence-electron chi connectivity index (χ3n) is 1.84. The first-order valence-electron chi connectivity index (χ1n) is 4.92. The summed E-state index contributed by atoms with van der Waals surface area (Å²) in [5.74, 6) is 1.77. The van der Waals surface area contributed by atoms with Gasteiger partial charge in [0.05, 0.1) is 13.2 Å². The summed E-state index contributed by atoms with van der Waals surface area (Å²) in [4.78, 5) is 1.05. The maximum atomic E-state index is 5.85. The Balaban J connectivity index is 2.63. The third-order valence-corrected chi connectivity index (χ3v) is 2.88. The van der Waals surface area contributed by atoms with Gasteiger partial charge in [0.1, 0.15) is 5.75 Å². The second-order valence-electron chi connectivity index (χ2n) is 2.97. The molecule has 0 unspecified atom stereocenters. The number of benzene rings is 1. The first-order chi connectivity index (χ1) is 7.27. The molecule has 0 bridgehead atoms. The summed E-state index contributed by atoms with van der Waals surface area (Å²) in [5.41, 5.74) is 6.64. The predicted octanol–water partition coefficient (Wildman–Crippen LogP) is 2.41. The van der Waals surface area contributed by atoms with E-state index in [2.05, 4.69) is 0 Å². The fourth-order valence-corrected chi connectivity index (χ4v) is 2.04. The highest BCUT2D eigenvalue weighted by Crippen LogP contribution is 2.28. The van der Waals surface area contributed by atoms with Crippen molar-refractivity contribution in [2.75, 3.05) is 31.8 Å². The van der Waals surface area contributed by atoms with Crippen LogP contribution in [0, 0.1) is 0 Å². The molecule has 1 aromatic rings. The molecule has 0 radical (unpaired) electrons. The molecular formula is C11H17NO2S. The molecular weight excluding hydrogens is 210 g/mol. The lowest BCUT2D eigenvalue weighted by atomic mass is 10.3. The van der Waals surface area contributed by atoms with Crippen LogP contribution in [0.3, 0.4) is 0 Å². The first-order valence-corrected chi connectivity index (χ1v) is 5.90. The second-order valence-corrected chi connectivity index (χ2v) is 4.11. The fraction of sp³-hybridized carbons (Fsp3) is 0.455. The third kappa shape index (κ3) is 4.01. The molecule has 1 aromatic carbocycles. The monoisotopic (exact) mass is 227 g/mol. The Bertz CT molecular complexity index is 305. The Kier molecular flexibility index (Phi) is 5.36. The van der Waals surface area contributed by atoms with E-state index in [1.165, 1.54) is 0 Å². The summed E-state index contributed by atoms with van der Waals surface area (Å²) < 4.78 is 10.4. The Hall–Kier alpha value is -0.870. The molecule has 0 spiro atoms. The van der Waals surface area contributed by atoms with Crippen LogP contribution in [0.25, 0.3) is 0 Å². The lowest BCUT2D eigenvalue weighted by molar-refractivity contribution is 0.218. The van der Waals surface area contributed by atoms with Crippen molar-refractivity contribution >= 4 is 17.4 Å². The summed E-state index contributed by atoms with van der Waals surface area (Å²) in [7, 11) is 1.69. The van der Waals surface area contributed by atoms with Crippen LogP contribution in [-0.2, 0) is 4.74 Å². The van der Waals surface area contributed by atoms with Gasteiger partial charge in [0.25, 0.3) is 0 Å². The molecule has 0 aliphatic rings. The highest BCUT2D eigenvalue weighted by molar-refractivity contribution is 7.99. The number of methoxy groups -OCH3 is 1. The van der Waals surface area contributed by atoms with Crippen LogP contribution >= 0.6 is 11.8 Å². The number of anilines is 1. The van der Waals surface area contributed by atoms with E-state index >= 15 is 0 Å². The molecule has 4 heteroatoms. The fourth-order valence-electron chi connectivity index (χ4n) is 1.13. The highest BCUT2D eigenvalue weighted by Gasteiger charge is 2.02. The lowest BCUT2D eigenvalue weighted by Gasteiger charge is -2.08. The number of ether oxygens (including phenoxy) is 2. The maximum Gasteiger partial charge on any atom is 0.120 e. The van der Waals surface area contributed by atoms with Gasteiger partial charge in [-0.15, -0.1) is 11.8 Å². The van der Waals surface area contributed by atoms with Crippen molar-refractivity contribution in [1.29, 1.82) is 0 Å². The van der Waals surface area contributed by atoms with E-state index in [-0.39, 0.29) is 0 Å². The molecule has 3 nitrogen and oxygen atoms in total. The molecule has 0 atom stereocenters. The summed E-state index contributed by atoms with van der Waals surface area (Å²) in [6.45, 7) is 3.36. The van der Waals surface area contributed by atoms with Gasteiger partial charge in [-0.3, -0.25) is 0 Å². The Morgan fingerprint density at radius 2 is 2.20 bits per heavy atom. The molecule has 0 aliphatic carbocycles. The van der Waals surface area contributed by atoms with Crippen LogP contribution in [0.4, 0.5) is 5.69 Å². The van der Waals surface area contributed by atoms with Gasteiger partial charge in [0.2, 0.25) is 0 Å². The number of rotatable bonds is 6. The van der Waals surface area contributed by atoms with E-state index in [1.807, 2.05) is 25.1 Å². The molecule has 0 saturated carbocycles. The normalized spacial score (nSPS) is 10.3. The van der Waals surface area contributed by atoms with E-state index in [0.29, 0.717) is 6.61 Å². The second kappa shape index (κ2) is 6.58. The average Bonchev–Trinajstić information content (AvgIpc) is 2.23. The van der Waals surface area contributed by atoms with Gasteiger partial charge < -0.3 is 15.2 Å². The molecule has 0 aromatic heterocycles. The van der Waals surface area contributed by atoms with Gasteiger partial charge >= 0.3 is 0 Å². The van der Waals surface area contributed by atoms with E-state index in [4.69, 9.17) is 15.2 Å². The van der Waals surface area contributed by atoms with Gasteiger partial charge in [-0.05, 0) is 25.1 Å². The van der Waals surface area contributed by atoms with Crippen LogP contribution in [0.2, 0.25) is 0 Å². The largest absolute Gasteiger partial charge is 0.494 e. The number of nitrogens with two attached hydrogens (primary N) is 1. The molecule has 0 saturated heterocycles.